The van der Waals surface area contributed by atoms with Crippen LogP contribution in [0, 0.1) is 0 Å². The van der Waals surface area contributed by atoms with Crippen molar-refractivity contribution in [3.05, 3.63) is 0 Å². The fraction of sp³-hybridized carbons (Fsp3) is 0.815. The molecule has 2 unspecified atom stereocenters. The Morgan fingerprint density at radius 1 is 0.543 bits per heavy atom. The second-order valence-corrected chi connectivity index (χ2v) is 9.29. The lowest BCUT2D eigenvalue weighted by Gasteiger charge is -2.21. The maximum absolute atomic E-state index is 13.0. The zero-order chi connectivity index (χ0) is 34.3. The quantitative estimate of drug-likeness (QED) is 0.0409. The van der Waals surface area contributed by atoms with E-state index in [0.717, 1.165) is 0 Å². The topological polar surface area (TPSA) is 237 Å². The van der Waals surface area contributed by atoms with Crippen molar-refractivity contribution >= 4 is 30.2 Å². The molecule has 268 valence electrons. The molecule has 19 heteroatoms. The normalized spacial score (nSPS) is 12.0. The van der Waals surface area contributed by atoms with E-state index in [9.17, 15) is 29.1 Å². The number of unbranched alkanes of at least 4 members (excludes halogenated alkanes) is 2. The van der Waals surface area contributed by atoms with E-state index in [1.807, 2.05) is 0 Å². The van der Waals surface area contributed by atoms with Crippen LogP contribution in [0.15, 0.2) is 0 Å². The van der Waals surface area contributed by atoms with Gasteiger partial charge in [0.2, 0.25) is 5.91 Å². The molecule has 19 nitrogen and oxygen atoms in total. The molecule has 2 atom stereocenters. The third-order valence-electron chi connectivity index (χ3n) is 5.72. The van der Waals surface area contributed by atoms with Gasteiger partial charge in [0.25, 0.3) is 0 Å². The minimum atomic E-state index is -1.27. The molecule has 0 fully saturated rings. The molecule has 0 aromatic carbocycles. The summed E-state index contributed by atoms with van der Waals surface area (Å²) in [4.78, 5) is 60.5. The second kappa shape index (κ2) is 30.2. The zero-order valence-electron chi connectivity index (χ0n) is 26.8. The van der Waals surface area contributed by atoms with E-state index in [4.69, 9.17) is 42.6 Å². The molecule has 0 spiro atoms. The highest BCUT2D eigenvalue weighted by molar-refractivity contribution is 5.89. The summed E-state index contributed by atoms with van der Waals surface area (Å²) in [6, 6.07) is -2.40. The second-order valence-electron chi connectivity index (χ2n) is 9.29. The summed E-state index contributed by atoms with van der Waals surface area (Å²) in [5.41, 5.74) is 0. The molecule has 0 aromatic heterocycles. The highest BCUT2D eigenvalue weighted by atomic mass is 16.7. The Hall–Kier alpha value is -3.49. The summed E-state index contributed by atoms with van der Waals surface area (Å²) in [6.07, 6.45) is -0.622. The van der Waals surface area contributed by atoms with Crippen LogP contribution in [-0.2, 0) is 52.2 Å². The first-order valence-electron chi connectivity index (χ1n) is 14.7. The average Bonchev–Trinajstić information content (AvgIpc) is 3.02. The van der Waals surface area contributed by atoms with Gasteiger partial charge in [-0.25, -0.2) is 19.2 Å². The molecule has 0 bridgehead atoms. The third-order valence-corrected chi connectivity index (χ3v) is 5.72. The lowest BCUT2D eigenvalue weighted by Crippen LogP contribution is -2.51. The Morgan fingerprint density at radius 3 is 1.37 bits per heavy atom. The summed E-state index contributed by atoms with van der Waals surface area (Å²) in [7, 11) is 4.51. The maximum atomic E-state index is 13.0. The number of aliphatic carboxylic acids is 1. The maximum Gasteiger partial charge on any atom is 0.409 e. The number of carboxylic acid groups (broad SMARTS) is 1. The molecule has 0 radical (unpaired) electrons. The van der Waals surface area contributed by atoms with E-state index in [0.29, 0.717) is 45.5 Å². The predicted molar refractivity (Wildman–Crippen MR) is 158 cm³/mol. The molecule has 0 heterocycles. The number of hydrogen-bond acceptors (Lipinski definition) is 14. The van der Waals surface area contributed by atoms with Crippen LogP contribution in [0.25, 0.3) is 0 Å². The first kappa shape index (κ1) is 42.5. The van der Waals surface area contributed by atoms with Crippen molar-refractivity contribution in [1.82, 2.24) is 21.3 Å². The van der Waals surface area contributed by atoms with Gasteiger partial charge >= 0.3 is 24.2 Å². The largest absolute Gasteiger partial charge is 0.480 e. The number of amides is 4. The average molecular weight is 671 g/mol. The van der Waals surface area contributed by atoms with Gasteiger partial charge in [-0.3, -0.25) is 4.79 Å². The third kappa shape index (κ3) is 25.8. The van der Waals surface area contributed by atoms with Gasteiger partial charge in [0.05, 0.1) is 39.6 Å². The van der Waals surface area contributed by atoms with E-state index in [1.165, 1.54) is 21.3 Å². The number of nitrogens with one attached hydrogen (secondary N) is 4. The first-order valence-corrected chi connectivity index (χ1v) is 14.7. The molecule has 0 aliphatic rings. The van der Waals surface area contributed by atoms with Crippen molar-refractivity contribution < 1.29 is 71.7 Å². The number of methoxy groups -OCH3 is 3. The molecular weight excluding hydrogens is 620 g/mol. The van der Waals surface area contributed by atoms with Gasteiger partial charge in [0, 0.05) is 34.4 Å². The van der Waals surface area contributed by atoms with E-state index >= 15 is 0 Å². The van der Waals surface area contributed by atoms with E-state index < -0.39 is 42.2 Å². The predicted octanol–water partition coefficient (Wildman–Crippen LogP) is 0.305. The fourth-order valence-electron chi connectivity index (χ4n) is 3.30. The number of hydrogen-bond donors (Lipinski definition) is 5. The van der Waals surface area contributed by atoms with Crippen LogP contribution in [0.3, 0.4) is 0 Å². The molecule has 0 aromatic rings. The molecule has 46 heavy (non-hydrogen) atoms. The fourth-order valence-corrected chi connectivity index (χ4v) is 3.30. The molecule has 5 N–H and O–H groups in total. The Balaban J connectivity index is 4.73. The summed E-state index contributed by atoms with van der Waals surface area (Å²) in [5.74, 6) is -2.00. The van der Waals surface area contributed by atoms with E-state index in [2.05, 4.69) is 21.3 Å². The van der Waals surface area contributed by atoms with Crippen LogP contribution in [0.5, 0.6) is 0 Å². The summed E-state index contributed by atoms with van der Waals surface area (Å²) < 4.78 is 44.2. The highest BCUT2D eigenvalue weighted by Crippen LogP contribution is 2.06. The molecule has 0 rings (SSSR count). The van der Waals surface area contributed by atoms with Crippen molar-refractivity contribution in [3.8, 4) is 0 Å². The summed E-state index contributed by atoms with van der Waals surface area (Å²) >= 11 is 0. The van der Waals surface area contributed by atoms with Crippen LogP contribution in [0.4, 0.5) is 14.4 Å². The van der Waals surface area contributed by atoms with Crippen LogP contribution in [0.1, 0.15) is 38.5 Å². The van der Waals surface area contributed by atoms with Crippen molar-refractivity contribution in [2.75, 3.05) is 94.4 Å². The minimum absolute atomic E-state index is 0.0592. The van der Waals surface area contributed by atoms with Gasteiger partial charge < -0.3 is 69.0 Å². The van der Waals surface area contributed by atoms with Gasteiger partial charge in [-0.1, -0.05) is 0 Å². The van der Waals surface area contributed by atoms with Gasteiger partial charge in [0.15, 0.2) is 20.4 Å². The smallest absolute Gasteiger partial charge is 0.409 e. The van der Waals surface area contributed by atoms with Crippen molar-refractivity contribution in [3.63, 3.8) is 0 Å². The van der Waals surface area contributed by atoms with Crippen molar-refractivity contribution in [2.45, 2.75) is 50.6 Å². The van der Waals surface area contributed by atoms with Crippen molar-refractivity contribution in [2.24, 2.45) is 0 Å². The van der Waals surface area contributed by atoms with Gasteiger partial charge in [-0.2, -0.15) is 0 Å². The van der Waals surface area contributed by atoms with Crippen LogP contribution < -0.4 is 21.3 Å². The van der Waals surface area contributed by atoms with Crippen LogP contribution >= 0.6 is 0 Å². The van der Waals surface area contributed by atoms with Gasteiger partial charge in [-0.05, 0) is 38.5 Å². The molecular formula is C27H50N4O15. The Bertz CT molecular complexity index is 837. The van der Waals surface area contributed by atoms with E-state index in [1.54, 1.807) is 0 Å². The van der Waals surface area contributed by atoms with Gasteiger partial charge in [0.1, 0.15) is 12.1 Å². The number of ether oxygens (including phenoxy) is 9. The van der Waals surface area contributed by atoms with Crippen LogP contribution in [0.2, 0.25) is 0 Å². The molecule has 0 saturated carbocycles. The van der Waals surface area contributed by atoms with Gasteiger partial charge in [-0.15, -0.1) is 0 Å². The van der Waals surface area contributed by atoms with E-state index in [-0.39, 0.29) is 66.1 Å². The lowest BCUT2D eigenvalue weighted by atomic mass is 10.1. The lowest BCUT2D eigenvalue weighted by molar-refractivity contribution is -0.142. The monoisotopic (exact) mass is 670 g/mol. The highest BCUT2D eigenvalue weighted by Gasteiger charge is 2.26. The summed E-state index contributed by atoms with van der Waals surface area (Å²) in [5, 5.41) is 19.5. The number of alkyl carbamates (subject to hydrolysis) is 3. The number of carbonyl (C=O) groups is 5. The number of carboxylic acids is 1. The Morgan fingerprint density at radius 2 is 0.957 bits per heavy atom. The molecule has 0 aliphatic carbocycles. The molecule has 0 saturated heterocycles. The first-order chi connectivity index (χ1) is 22.2. The Kier molecular flexibility index (Phi) is 27.9. The minimum Gasteiger partial charge on any atom is -0.480 e. The Labute approximate surface area is 268 Å². The zero-order valence-corrected chi connectivity index (χ0v) is 26.8. The standard InChI is InChI=1S/C27H50N4O15/c1-38-12-15-41-18-44-25(35)28-10-6-4-8-21(31-27(37)46-20-43-17-14-40-3)23(32)30-22(24(33)34)9-5-7-11-29-26(36)45-19-42-16-13-39-2/h21-22H,4-20H2,1-3H3,(H,28,35)(H,29,36)(H,30,32)(H,31,37)(H,33,34). The van der Waals surface area contributed by atoms with Crippen LogP contribution in [-0.4, -0.2) is 142 Å². The number of carbonyl (C=O) groups excluding carboxylic acids is 4. The SMILES string of the molecule is COCCOCOC(=O)NCCCCC(NC(=O)C(CCCCNC(=O)OCOCCOC)NC(=O)OCOCCOC)C(=O)O. The molecule has 0 aliphatic heterocycles. The number of rotatable bonds is 29. The summed E-state index contributed by atoms with van der Waals surface area (Å²) in [6.45, 7) is 1.30. The van der Waals surface area contributed by atoms with Crippen molar-refractivity contribution in [1.29, 1.82) is 0 Å². The molecule has 4 amide bonds.